The van der Waals surface area contributed by atoms with E-state index in [2.05, 4.69) is 5.32 Å². The number of carbonyl (C=O) groups excluding carboxylic acids is 1. The minimum Gasteiger partial charge on any atom is -0.349 e. The van der Waals surface area contributed by atoms with Gasteiger partial charge in [0, 0.05) is 18.2 Å². The minimum atomic E-state index is -3.25. The van der Waals surface area contributed by atoms with Crippen LogP contribution < -0.4 is 9.62 Å². The Hall–Kier alpha value is -1.56. The topological polar surface area (TPSA) is 66.5 Å². The summed E-state index contributed by atoms with van der Waals surface area (Å²) in [7, 11) is -3.25. The van der Waals surface area contributed by atoms with Gasteiger partial charge in [-0.05, 0) is 43.9 Å². The van der Waals surface area contributed by atoms with Gasteiger partial charge in [-0.25, -0.2) is 8.42 Å². The second-order valence-electron chi connectivity index (χ2n) is 7.16. The third kappa shape index (κ3) is 4.75. The molecule has 0 radical (unpaired) electrons. The smallest absolute Gasteiger partial charge is 0.251 e. The van der Waals surface area contributed by atoms with Crippen LogP contribution in [0.15, 0.2) is 24.3 Å². The highest BCUT2D eigenvalue weighted by Crippen LogP contribution is 2.24. The Kier molecular flexibility index (Phi) is 5.99. The number of anilines is 1. The average molecular weight is 365 g/mol. The van der Waals surface area contributed by atoms with E-state index in [4.69, 9.17) is 0 Å². The Bertz CT molecular complexity index is 694. The fourth-order valence-corrected chi connectivity index (χ4v) is 5.38. The van der Waals surface area contributed by atoms with Crippen molar-refractivity contribution in [2.45, 2.75) is 63.8 Å². The number of hydrogen-bond donors (Lipinski definition) is 1. The van der Waals surface area contributed by atoms with Gasteiger partial charge in [0.05, 0.1) is 11.4 Å². The SMILES string of the molecule is O=C(NC1CCCCCCC1)c1cccc(N2CCCCS2(=O)=O)c1. The molecule has 6 heteroatoms. The van der Waals surface area contributed by atoms with Crippen LogP contribution in [0.25, 0.3) is 0 Å². The van der Waals surface area contributed by atoms with Crippen LogP contribution in [0.4, 0.5) is 5.69 Å². The second kappa shape index (κ2) is 8.21. The Morgan fingerprint density at radius 1 is 1.00 bits per heavy atom. The summed E-state index contributed by atoms with van der Waals surface area (Å²) in [4.78, 5) is 12.6. The molecule has 2 fully saturated rings. The molecule has 1 saturated heterocycles. The van der Waals surface area contributed by atoms with Crippen LogP contribution in [0, 0.1) is 0 Å². The van der Waals surface area contributed by atoms with Crippen LogP contribution in [0.2, 0.25) is 0 Å². The maximum absolute atomic E-state index is 12.6. The van der Waals surface area contributed by atoms with Gasteiger partial charge in [0.2, 0.25) is 10.0 Å². The molecule has 0 unspecified atom stereocenters. The summed E-state index contributed by atoms with van der Waals surface area (Å²) in [6.45, 7) is 0.496. The molecule has 1 N–H and O–H groups in total. The summed E-state index contributed by atoms with van der Waals surface area (Å²) in [6.07, 6.45) is 9.75. The maximum atomic E-state index is 12.6. The predicted molar refractivity (Wildman–Crippen MR) is 100 cm³/mol. The van der Waals surface area contributed by atoms with E-state index in [9.17, 15) is 13.2 Å². The van der Waals surface area contributed by atoms with E-state index in [-0.39, 0.29) is 17.7 Å². The van der Waals surface area contributed by atoms with Gasteiger partial charge in [-0.1, -0.05) is 38.2 Å². The lowest BCUT2D eigenvalue weighted by Gasteiger charge is -2.28. The molecule has 1 aromatic carbocycles. The molecule has 1 aliphatic heterocycles. The molecule has 25 heavy (non-hydrogen) atoms. The fraction of sp³-hybridized carbons (Fsp3) is 0.632. The number of nitrogens with zero attached hydrogens (tertiary/aromatic N) is 1. The van der Waals surface area contributed by atoms with E-state index in [0.29, 0.717) is 24.2 Å². The van der Waals surface area contributed by atoms with Gasteiger partial charge >= 0.3 is 0 Å². The van der Waals surface area contributed by atoms with E-state index >= 15 is 0 Å². The van der Waals surface area contributed by atoms with Crippen LogP contribution >= 0.6 is 0 Å². The zero-order chi connectivity index (χ0) is 17.7. The summed E-state index contributed by atoms with van der Waals surface area (Å²) in [5.41, 5.74) is 1.14. The highest BCUT2D eigenvalue weighted by atomic mass is 32.2. The van der Waals surface area contributed by atoms with E-state index in [1.807, 2.05) is 0 Å². The zero-order valence-corrected chi connectivity index (χ0v) is 15.6. The molecule has 1 aromatic rings. The van der Waals surface area contributed by atoms with Crippen LogP contribution in [-0.4, -0.2) is 32.7 Å². The van der Waals surface area contributed by atoms with E-state index < -0.39 is 10.0 Å². The quantitative estimate of drug-likeness (QED) is 0.893. The highest BCUT2D eigenvalue weighted by molar-refractivity contribution is 7.92. The van der Waals surface area contributed by atoms with Crippen molar-refractivity contribution < 1.29 is 13.2 Å². The van der Waals surface area contributed by atoms with Crippen molar-refractivity contribution in [2.75, 3.05) is 16.6 Å². The first-order chi connectivity index (χ1) is 12.1. The Balaban J connectivity index is 1.71. The predicted octanol–water partition coefficient (Wildman–Crippen LogP) is 3.46. The molecule has 0 atom stereocenters. The number of carbonyl (C=O) groups is 1. The lowest BCUT2D eigenvalue weighted by Crippen LogP contribution is -2.38. The molecule has 3 rings (SSSR count). The highest BCUT2D eigenvalue weighted by Gasteiger charge is 2.26. The molecule has 1 saturated carbocycles. The summed E-state index contributed by atoms with van der Waals surface area (Å²) in [6, 6.07) is 7.25. The van der Waals surface area contributed by atoms with Crippen LogP contribution in [-0.2, 0) is 10.0 Å². The fourth-order valence-electron chi connectivity index (χ4n) is 3.75. The molecule has 0 spiro atoms. The van der Waals surface area contributed by atoms with Crippen molar-refractivity contribution in [1.82, 2.24) is 5.32 Å². The van der Waals surface area contributed by atoms with Gasteiger partial charge in [-0.2, -0.15) is 0 Å². The number of amides is 1. The number of rotatable bonds is 3. The van der Waals surface area contributed by atoms with Crippen LogP contribution in [0.5, 0.6) is 0 Å². The number of benzene rings is 1. The molecular weight excluding hydrogens is 336 g/mol. The zero-order valence-electron chi connectivity index (χ0n) is 14.7. The molecule has 5 nitrogen and oxygen atoms in total. The van der Waals surface area contributed by atoms with Gasteiger partial charge in [0.1, 0.15) is 0 Å². The average Bonchev–Trinajstić information content (AvgIpc) is 2.57. The van der Waals surface area contributed by atoms with Crippen molar-refractivity contribution in [3.05, 3.63) is 29.8 Å². The van der Waals surface area contributed by atoms with Gasteiger partial charge < -0.3 is 5.32 Å². The normalized spacial score (nSPS) is 22.0. The number of nitrogens with one attached hydrogen (secondary N) is 1. The minimum absolute atomic E-state index is 0.0955. The molecule has 1 amide bonds. The monoisotopic (exact) mass is 364 g/mol. The van der Waals surface area contributed by atoms with Crippen LogP contribution in [0.1, 0.15) is 68.1 Å². The van der Waals surface area contributed by atoms with E-state index in [1.165, 1.54) is 23.6 Å². The van der Waals surface area contributed by atoms with Crippen molar-refractivity contribution in [3.8, 4) is 0 Å². The second-order valence-corrected chi connectivity index (χ2v) is 9.17. The molecule has 0 aromatic heterocycles. The van der Waals surface area contributed by atoms with Crippen molar-refractivity contribution >= 4 is 21.6 Å². The largest absolute Gasteiger partial charge is 0.349 e. The van der Waals surface area contributed by atoms with Gasteiger partial charge in [-0.3, -0.25) is 9.10 Å². The third-order valence-corrected chi connectivity index (χ3v) is 7.06. The van der Waals surface area contributed by atoms with Gasteiger partial charge in [-0.15, -0.1) is 0 Å². The van der Waals surface area contributed by atoms with E-state index in [0.717, 1.165) is 32.1 Å². The van der Waals surface area contributed by atoms with Gasteiger partial charge in [0.15, 0.2) is 0 Å². The summed E-state index contributed by atoms with van der Waals surface area (Å²) in [5, 5.41) is 3.15. The standard InChI is InChI=1S/C19H28N2O3S/c22-19(20-17-10-4-2-1-3-5-11-17)16-9-8-12-18(15-16)21-13-6-7-14-25(21,23)24/h8-9,12,15,17H,1-7,10-11,13-14H2,(H,20,22). The molecule has 1 aliphatic carbocycles. The maximum Gasteiger partial charge on any atom is 0.251 e. The molecule has 1 heterocycles. The lowest BCUT2D eigenvalue weighted by atomic mass is 9.96. The molecule has 138 valence electrons. The summed E-state index contributed by atoms with van der Waals surface area (Å²) in [5.74, 6) is 0.0905. The number of sulfonamides is 1. The van der Waals surface area contributed by atoms with Gasteiger partial charge in [0.25, 0.3) is 5.91 Å². The Morgan fingerprint density at radius 3 is 2.44 bits per heavy atom. The molecular formula is C19H28N2O3S. The third-order valence-electron chi connectivity index (χ3n) is 5.19. The summed E-state index contributed by atoms with van der Waals surface area (Å²) < 4.78 is 26.0. The first kappa shape index (κ1) is 18.2. The Morgan fingerprint density at radius 2 is 1.72 bits per heavy atom. The molecule has 2 aliphatic rings. The Labute approximate surface area is 150 Å². The van der Waals surface area contributed by atoms with Crippen LogP contribution in [0.3, 0.4) is 0 Å². The first-order valence-electron chi connectivity index (χ1n) is 9.48. The number of hydrogen-bond acceptors (Lipinski definition) is 3. The van der Waals surface area contributed by atoms with Crippen molar-refractivity contribution in [2.24, 2.45) is 0 Å². The lowest BCUT2D eigenvalue weighted by molar-refractivity contribution is 0.0930. The molecule has 0 bridgehead atoms. The summed E-state index contributed by atoms with van der Waals surface area (Å²) >= 11 is 0. The van der Waals surface area contributed by atoms with Crippen molar-refractivity contribution in [1.29, 1.82) is 0 Å². The first-order valence-corrected chi connectivity index (χ1v) is 11.1. The van der Waals surface area contributed by atoms with Crippen molar-refractivity contribution in [3.63, 3.8) is 0 Å². The van der Waals surface area contributed by atoms with E-state index in [1.54, 1.807) is 24.3 Å².